The number of carbonyl (C=O) groups excluding carboxylic acids is 1. The molecule has 0 spiro atoms. The molecule has 1 N–H and O–H groups in total. The van der Waals surface area contributed by atoms with Gasteiger partial charge in [0.2, 0.25) is 0 Å². The summed E-state index contributed by atoms with van der Waals surface area (Å²) in [6, 6.07) is 0. The third-order valence-electron chi connectivity index (χ3n) is 4.75. The van der Waals surface area contributed by atoms with Crippen molar-refractivity contribution in [1.29, 1.82) is 0 Å². The predicted molar refractivity (Wildman–Crippen MR) is 91.1 cm³/mol. The van der Waals surface area contributed by atoms with Crippen molar-refractivity contribution in [2.75, 3.05) is 0 Å². The van der Waals surface area contributed by atoms with Crippen LogP contribution in [0.4, 0.5) is 0 Å². The number of carbonyl (C=O) groups is 2. The van der Waals surface area contributed by atoms with Crippen LogP contribution in [0.25, 0.3) is 0 Å². The Morgan fingerprint density at radius 1 is 1.17 bits per heavy atom. The molecule has 1 aliphatic carbocycles. The lowest BCUT2D eigenvalue weighted by molar-refractivity contribution is -0.164. The minimum Gasteiger partial charge on any atom is -0.481 e. The summed E-state index contributed by atoms with van der Waals surface area (Å²) in [5.41, 5.74) is 0.263. The smallest absolute Gasteiger partial charge is 0.310 e. The van der Waals surface area contributed by atoms with Gasteiger partial charge in [-0.1, -0.05) is 47.5 Å². The van der Waals surface area contributed by atoms with E-state index >= 15 is 0 Å². The Morgan fingerprint density at radius 2 is 1.74 bits per heavy atom. The first kappa shape index (κ1) is 20.0. The van der Waals surface area contributed by atoms with Crippen LogP contribution in [0.5, 0.6) is 0 Å². The number of aliphatic carboxylic acids is 1. The number of rotatable bonds is 7. The molecule has 4 unspecified atom stereocenters. The number of carboxylic acids is 1. The summed E-state index contributed by atoms with van der Waals surface area (Å²) in [5, 5.41) is 9.31. The quantitative estimate of drug-likeness (QED) is 0.691. The molecule has 0 saturated heterocycles. The maximum Gasteiger partial charge on any atom is 0.310 e. The molecule has 0 amide bonds. The Hall–Kier alpha value is -1.06. The summed E-state index contributed by atoms with van der Waals surface area (Å²) in [6.45, 7) is 10.9. The van der Waals surface area contributed by atoms with E-state index < -0.39 is 17.8 Å². The molecule has 23 heavy (non-hydrogen) atoms. The van der Waals surface area contributed by atoms with Gasteiger partial charge in [0, 0.05) is 0 Å². The summed E-state index contributed by atoms with van der Waals surface area (Å²) in [4.78, 5) is 23.8. The molecule has 1 rings (SSSR count). The van der Waals surface area contributed by atoms with Gasteiger partial charge in [-0.2, -0.15) is 0 Å². The van der Waals surface area contributed by atoms with Crippen molar-refractivity contribution in [3.05, 3.63) is 0 Å². The van der Waals surface area contributed by atoms with Crippen LogP contribution in [0, 0.1) is 23.2 Å². The van der Waals surface area contributed by atoms with E-state index in [0.717, 1.165) is 32.1 Å². The average molecular weight is 326 g/mol. The van der Waals surface area contributed by atoms with Crippen molar-refractivity contribution in [3.8, 4) is 0 Å². The maximum atomic E-state index is 12.5. The summed E-state index contributed by atoms with van der Waals surface area (Å²) >= 11 is 0. The Bertz CT molecular complexity index is 397. The molecule has 0 heterocycles. The summed E-state index contributed by atoms with van der Waals surface area (Å²) in [5.74, 6) is -1.71. The third kappa shape index (κ3) is 6.92. The Morgan fingerprint density at radius 3 is 2.22 bits per heavy atom. The van der Waals surface area contributed by atoms with Crippen molar-refractivity contribution in [3.63, 3.8) is 0 Å². The average Bonchev–Trinajstić information content (AvgIpc) is 2.44. The lowest BCUT2D eigenvalue weighted by atomic mass is 9.79. The highest BCUT2D eigenvalue weighted by atomic mass is 16.5. The fourth-order valence-electron chi connectivity index (χ4n) is 3.84. The van der Waals surface area contributed by atoms with E-state index in [9.17, 15) is 14.7 Å². The monoisotopic (exact) mass is 326 g/mol. The molecule has 4 atom stereocenters. The van der Waals surface area contributed by atoms with Crippen LogP contribution in [0.15, 0.2) is 0 Å². The van der Waals surface area contributed by atoms with E-state index in [1.807, 2.05) is 6.92 Å². The van der Waals surface area contributed by atoms with Crippen LogP contribution >= 0.6 is 0 Å². The van der Waals surface area contributed by atoms with E-state index in [-0.39, 0.29) is 17.5 Å². The Balaban J connectivity index is 2.59. The van der Waals surface area contributed by atoms with Crippen molar-refractivity contribution in [2.45, 2.75) is 85.7 Å². The minimum absolute atomic E-state index is 0.101. The third-order valence-corrected chi connectivity index (χ3v) is 4.75. The van der Waals surface area contributed by atoms with Gasteiger partial charge in [0.05, 0.1) is 11.8 Å². The Kier molecular flexibility index (Phi) is 7.56. The molecule has 1 aliphatic rings. The minimum atomic E-state index is -0.860. The van der Waals surface area contributed by atoms with Crippen LogP contribution in [0.3, 0.4) is 0 Å². The molecule has 1 saturated carbocycles. The number of ether oxygens (including phenoxy) is 1. The van der Waals surface area contributed by atoms with E-state index in [1.165, 1.54) is 0 Å². The van der Waals surface area contributed by atoms with Gasteiger partial charge in [-0.05, 0) is 43.4 Å². The highest BCUT2D eigenvalue weighted by Crippen LogP contribution is 2.33. The number of esters is 1. The van der Waals surface area contributed by atoms with Gasteiger partial charge in [-0.15, -0.1) is 0 Å². The molecule has 134 valence electrons. The van der Waals surface area contributed by atoms with Crippen LogP contribution < -0.4 is 0 Å². The lowest BCUT2D eigenvalue weighted by Gasteiger charge is -2.30. The molecule has 4 nitrogen and oxygen atoms in total. The zero-order valence-electron chi connectivity index (χ0n) is 15.4. The van der Waals surface area contributed by atoms with Crippen molar-refractivity contribution in [1.82, 2.24) is 0 Å². The van der Waals surface area contributed by atoms with Gasteiger partial charge in [-0.3, -0.25) is 9.59 Å². The highest BCUT2D eigenvalue weighted by Gasteiger charge is 2.37. The van der Waals surface area contributed by atoms with Gasteiger partial charge in [0.1, 0.15) is 6.10 Å². The molecule has 0 bridgehead atoms. The molecule has 4 heteroatoms. The Labute approximate surface area is 141 Å². The second-order valence-electron chi connectivity index (χ2n) is 8.41. The summed E-state index contributed by atoms with van der Waals surface area (Å²) in [7, 11) is 0. The SMILES string of the molecule is CCC(CC(C)CC(C)(C)C)OC(=O)C1CCCCC1C(=O)O. The first-order valence-corrected chi connectivity index (χ1v) is 9.07. The normalized spacial score (nSPS) is 24.7. The molecule has 1 fully saturated rings. The topological polar surface area (TPSA) is 63.6 Å². The first-order valence-electron chi connectivity index (χ1n) is 9.07. The van der Waals surface area contributed by atoms with Crippen molar-refractivity contribution >= 4 is 11.9 Å². The molecule has 0 aromatic rings. The second kappa shape index (κ2) is 8.70. The van der Waals surface area contributed by atoms with Gasteiger partial charge in [-0.25, -0.2) is 0 Å². The van der Waals surface area contributed by atoms with E-state index in [4.69, 9.17) is 4.74 Å². The van der Waals surface area contributed by atoms with E-state index in [0.29, 0.717) is 18.8 Å². The second-order valence-corrected chi connectivity index (χ2v) is 8.41. The molecule has 0 aliphatic heterocycles. The van der Waals surface area contributed by atoms with Crippen LogP contribution in [0.2, 0.25) is 0 Å². The van der Waals surface area contributed by atoms with Gasteiger partial charge in [0.25, 0.3) is 0 Å². The first-order chi connectivity index (χ1) is 10.6. The van der Waals surface area contributed by atoms with Crippen molar-refractivity contribution < 1.29 is 19.4 Å². The molecular formula is C19H34O4. The standard InChI is InChI=1S/C19H34O4/c1-6-14(11-13(2)12-19(3,4)5)23-18(22)16-10-8-7-9-15(16)17(20)21/h13-16H,6-12H2,1-5H3,(H,20,21). The number of carboxylic acid groups (broad SMARTS) is 1. The molecule has 0 aromatic carbocycles. The molecular weight excluding hydrogens is 292 g/mol. The van der Waals surface area contributed by atoms with Crippen LogP contribution in [0.1, 0.15) is 79.6 Å². The zero-order chi connectivity index (χ0) is 17.6. The highest BCUT2D eigenvalue weighted by molar-refractivity contribution is 5.81. The van der Waals surface area contributed by atoms with Gasteiger partial charge < -0.3 is 9.84 Å². The lowest BCUT2D eigenvalue weighted by Crippen LogP contribution is -2.36. The van der Waals surface area contributed by atoms with Crippen LogP contribution in [-0.4, -0.2) is 23.1 Å². The molecule has 0 radical (unpaired) electrons. The van der Waals surface area contributed by atoms with E-state index in [2.05, 4.69) is 27.7 Å². The van der Waals surface area contributed by atoms with E-state index in [1.54, 1.807) is 0 Å². The molecule has 0 aromatic heterocycles. The van der Waals surface area contributed by atoms with Gasteiger partial charge in [0.15, 0.2) is 0 Å². The summed E-state index contributed by atoms with van der Waals surface area (Å²) in [6.07, 6.45) is 5.66. The predicted octanol–water partition coefficient (Wildman–Crippen LogP) is 4.66. The zero-order valence-corrected chi connectivity index (χ0v) is 15.4. The number of hydrogen-bond donors (Lipinski definition) is 1. The number of hydrogen-bond acceptors (Lipinski definition) is 3. The van der Waals surface area contributed by atoms with Crippen LogP contribution in [-0.2, 0) is 14.3 Å². The largest absolute Gasteiger partial charge is 0.481 e. The fourth-order valence-corrected chi connectivity index (χ4v) is 3.84. The summed E-state index contributed by atoms with van der Waals surface area (Å²) < 4.78 is 5.70. The van der Waals surface area contributed by atoms with Crippen molar-refractivity contribution in [2.24, 2.45) is 23.2 Å². The van der Waals surface area contributed by atoms with Gasteiger partial charge >= 0.3 is 11.9 Å². The fraction of sp³-hybridized carbons (Fsp3) is 0.895. The maximum absolute atomic E-state index is 12.5.